The number of hydrogen-bond donors (Lipinski definition) is 0. The van der Waals surface area contributed by atoms with Crippen molar-refractivity contribution >= 4 is 21.4 Å². The quantitative estimate of drug-likeness (QED) is 0.502. The zero-order valence-electron chi connectivity index (χ0n) is 15.1. The van der Waals surface area contributed by atoms with Crippen molar-refractivity contribution in [3.05, 3.63) is 84.8 Å². The Labute approximate surface area is 162 Å². The molecule has 0 aliphatic heterocycles. The number of sulfonamides is 1. The standard InChI is InChI=1S/C20H18N4O3S/c1-27-18-9-5-8-17(12-18)24(13-16-6-3-2-4-7-16)28(25,26)19-10-11-20-22-21-15-23(20)14-19/h2-12,14-15H,13H2,1H3. The number of rotatable bonds is 6. The van der Waals surface area contributed by atoms with Gasteiger partial charge in [0.15, 0.2) is 5.65 Å². The molecule has 0 atom stereocenters. The Balaban J connectivity index is 1.82. The molecular weight excluding hydrogens is 376 g/mol. The van der Waals surface area contributed by atoms with E-state index in [1.54, 1.807) is 41.8 Å². The maximum absolute atomic E-state index is 13.5. The van der Waals surface area contributed by atoms with Gasteiger partial charge in [-0.05, 0) is 29.8 Å². The van der Waals surface area contributed by atoms with Crippen LogP contribution in [-0.2, 0) is 16.6 Å². The van der Waals surface area contributed by atoms with Gasteiger partial charge in [0, 0.05) is 12.3 Å². The van der Waals surface area contributed by atoms with Gasteiger partial charge in [0.05, 0.1) is 19.3 Å². The lowest BCUT2D eigenvalue weighted by atomic mass is 10.2. The van der Waals surface area contributed by atoms with E-state index in [2.05, 4.69) is 10.2 Å². The average Bonchev–Trinajstić information content (AvgIpc) is 3.20. The molecule has 2 aromatic carbocycles. The van der Waals surface area contributed by atoms with Crippen molar-refractivity contribution in [2.75, 3.05) is 11.4 Å². The Bertz CT molecular complexity index is 1210. The van der Waals surface area contributed by atoms with E-state index in [9.17, 15) is 8.42 Å². The van der Waals surface area contributed by atoms with Gasteiger partial charge in [-0.1, -0.05) is 36.4 Å². The van der Waals surface area contributed by atoms with Crippen LogP contribution >= 0.6 is 0 Å². The number of methoxy groups -OCH3 is 1. The first-order valence-electron chi connectivity index (χ1n) is 8.58. The normalized spacial score (nSPS) is 11.5. The van der Waals surface area contributed by atoms with E-state index in [-0.39, 0.29) is 11.4 Å². The first kappa shape index (κ1) is 18.0. The van der Waals surface area contributed by atoms with Crippen LogP contribution in [0.1, 0.15) is 5.56 Å². The second-order valence-corrected chi connectivity index (χ2v) is 8.02. The molecule has 4 aromatic rings. The van der Waals surface area contributed by atoms with Gasteiger partial charge < -0.3 is 4.74 Å². The summed E-state index contributed by atoms with van der Waals surface area (Å²) in [4.78, 5) is 0.151. The molecule has 142 valence electrons. The van der Waals surface area contributed by atoms with Gasteiger partial charge in [-0.3, -0.25) is 8.71 Å². The van der Waals surface area contributed by atoms with E-state index in [4.69, 9.17) is 4.74 Å². The average molecular weight is 394 g/mol. The van der Waals surface area contributed by atoms with Crippen molar-refractivity contribution < 1.29 is 13.2 Å². The number of aromatic nitrogens is 3. The van der Waals surface area contributed by atoms with E-state index in [1.807, 2.05) is 30.3 Å². The summed E-state index contributed by atoms with van der Waals surface area (Å²) in [7, 11) is -2.29. The van der Waals surface area contributed by atoms with Crippen molar-refractivity contribution in [1.82, 2.24) is 14.6 Å². The fourth-order valence-corrected chi connectivity index (χ4v) is 4.37. The summed E-state index contributed by atoms with van der Waals surface area (Å²) in [6, 6.07) is 19.6. The molecule has 7 nitrogen and oxygen atoms in total. The van der Waals surface area contributed by atoms with Crippen molar-refractivity contribution in [3.8, 4) is 5.75 Å². The van der Waals surface area contributed by atoms with Gasteiger partial charge >= 0.3 is 0 Å². The molecular formula is C20H18N4O3S. The van der Waals surface area contributed by atoms with Crippen LogP contribution in [0, 0.1) is 0 Å². The van der Waals surface area contributed by atoms with Gasteiger partial charge in [-0.25, -0.2) is 8.42 Å². The lowest BCUT2D eigenvalue weighted by Crippen LogP contribution is -2.30. The summed E-state index contributed by atoms with van der Waals surface area (Å²) in [5.41, 5.74) is 1.97. The number of pyridine rings is 1. The van der Waals surface area contributed by atoms with Crippen molar-refractivity contribution in [2.45, 2.75) is 11.4 Å². The third-order valence-corrected chi connectivity index (χ3v) is 6.12. The number of hydrogen-bond acceptors (Lipinski definition) is 5. The molecule has 0 saturated heterocycles. The van der Waals surface area contributed by atoms with Crippen LogP contribution < -0.4 is 9.04 Å². The lowest BCUT2D eigenvalue weighted by Gasteiger charge is -2.25. The molecule has 0 aliphatic rings. The number of fused-ring (bicyclic) bond motifs is 1. The molecule has 0 saturated carbocycles. The summed E-state index contributed by atoms with van der Waals surface area (Å²) >= 11 is 0. The van der Waals surface area contributed by atoms with Crippen LogP contribution in [0.25, 0.3) is 5.65 Å². The van der Waals surface area contributed by atoms with Crippen LogP contribution in [0.4, 0.5) is 5.69 Å². The summed E-state index contributed by atoms with van der Waals surface area (Å²) in [5, 5.41) is 7.73. The van der Waals surface area contributed by atoms with E-state index in [0.29, 0.717) is 17.1 Å². The Morgan fingerprint density at radius 1 is 1.04 bits per heavy atom. The molecule has 0 amide bonds. The molecule has 4 rings (SSSR count). The highest BCUT2D eigenvalue weighted by Gasteiger charge is 2.26. The van der Waals surface area contributed by atoms with Gasteiger partial charge in [0.25, 0.3) is 10.0 Å². The Kier molecular flexibility index (Phi) is 4.70. The number of anilines is 1. The second kappa shape index (κ2) is 7.32. The minimum absolute atomic E-state index is 0.151. The number of ether oxygens (including phenoxy) is 1. The van der Waals surface area contributed by atoms with Crippen LogP contribution in [0.2, 0.25) is 0 Å². The minimum atomic E-state index is -3.85. The first-order valence-corrected chi connectivity index (χ1v) is 10.0. The maximum Gasteiger partial charge on any atom is 0.266 e. The van der Waals surface area contributed by atoms with Crippen LogP contribution in [0.3, 0.4) is 0 Å². The summed E-state index contributed by atoms with van der Waals surface area (Å²) in [5.74, 6) is 0.583. The van der Waals surface area contributed by atoms with Crippen molar-refractivity contribution in [3.63, 3.8) is 0 Å². The van der Waals surface area contributed by atoms with Gasteiger partial charge in [-0.2, -0.15) is 0 Å². The van der Waals surface area contributed by atoms with Gasteiger partial charge in [0.1, 0.15) is 17.0 Å². The van der Waals surface area contributed by atoms with Crippen LogP contribution in [-0.4, -0.2) is 30.1 Å². The van der Waals surface area contributed by atoms with Gasteiger partial charge in [-0.15, -0.1) is 10.2 Å². The monoisotopic (exact) mass is 394 g/mol. The first-order chi connectivity index (χ1) is 13.6. The molecule has 8 heteroatoms. The van der Waals surface area contributed by atoms with Crippen LogP contribution in [0.5, 0.6) is 5.75 Å². The van der Waals surface area contributed by atoms with E-state index < -0.39 is 10.0 Å². The molecule has 0 aliphatic carbocycles. The van der Waals surface area contributed by atoms with E-state index in [0.717, 1.165) is 5.56 Å². The summed E-state index contributed by atoms with van der Waals surface area (Å²) in [6.07, 6.45) is 2.99. The Morgan fingerprint density at radius 3 is 2.64 bits per heavy atom. The summed E-state index contributed by atoms with van der Waals surface area (Å²) in [6.45, 7) is 0.191. The number of benzene rings is 2. The second-order valence-electron chi connectivity index (χ2n) is 6.16. The molecule has 0 bridgehead atoms. The third-order valence-electron chi connectivity index (χ3n) is 4.36. The molecule has 0 unspecified atom stereocenters. The smallest absolute Gasteiger partial charge is 0.266 e. The Hall–Kier alpha value is -3.39. The number of nitrogens with zero attached hydrogens (tertiary/aromatic N) is 4. The minimum Gasteiger partial charge on any atom is -0.497 e. The molecule has 2 heterocycles. The summed E-state index contributed by atoms with van der Waals surface area (Å²) < 4.78 is 35.3. The SMILES string of the molecule is COc1cccc(N(Cc2ccccc2)S(=O)(=O)c2ccc3nncn3c2)c1. The highest BCUT2D eigenvalue weighted by atomic mass is 32.2. The van der Waals surface area contributed by atoms with Crippen molar-refractivity contribution in [1.29, 1.82) is 0 Å². The fraction of sp³-hybridized carbons (Fsp3) is 0.100. The molecule has 0 spiro atoms. The lowest BCUT2D eigenvalue weighted by molar-refractivity contribution is 0.415. The van der Waals surface area contributed by atoms with Crippen LogP contribution in [0.15, 0.2) is 84.1 Å². The van der Waals surface area contributed by atoms with E-state index in [1.165, 1.54) is 22.9 Å². The topological polar surface area (TPSA) is 76.8 Å². The molecule has 28 heavy (non-hydrogen) atoms. The molecule has 0 N–H and O–H groups in total. The third kappa shape index (κ3) is 3.41. The van der Waals surface area contributed by atoms with Gasteiger partial charge in [0.2, 0.25) is 0 Å². The fourth-order valence-electron chi connectivity index (χ4n) is 2.92. The predicted molar refractivity (Wildman–Crippen MR) is 106 cm³/mol. The Morgan fingerprint density at radius 2 is 1.86 bits per heavy atom. The van der Waals surface area contributed by atoms with Crippen molar-refractivity contribution in [2.24, 2.45) is 0 Å². The maximum atomic E-state index is 13.5. The van der Waals surface area contributed by atoms with E-state index >= 15 is 0 Å². The molecule has 0 radical (unpaired) electrons. The zero-order valence-corrected chi connectivity index (χ0v) is 16.0. The zero-order chi connectivity index (χ0) is 19.6. The largest absolute Gasteiger partial charge is 0.497 e. The highest BCUT2D eigenvalue weighted by molar-refractivity contribution is 7.92. The predicted octanol–water partition coefficient (Wildman–Crippen LogP) is 3.13. The molecule has 2 aromatic heterocycles. The highest BCUT2D eigenvalue weighted by Crippen LogP contribution is 2.28. The molecule has 0 fully saturated rings.